The van der Waals surface area contributed by atoms with Crippen molar-refractivity contribution in [2.75, 3.05) is 7.11 Å². The first-order chi connectivity index (χ1) is 10.2. The molecule has 1 saturated carbocycles. The minimum absolute atomic E-state index is 0.241. The van der Waals surface area contributed by atoms with Crippen molar-refractivity contribution in [3.63, 3.8) is 0 Å². The highest BCUT2D eigenvalue weighted by Crippen LogP contribution is 2.53. The van der Waals surface area contributed by atoms with Crippen LogP contribution in [0.2, 0.25) is 0 Å². The maximum absolute atomic E-state index is 12.6. The Labute approximate surface area is 135 Å². The van der Waals surface area contributed by atoms with Crippen LogP contribution in [-0.4, -0.2) is 12.9 Å². The highest BCUT2D eigenvalue weighted by atomic mass is 16.5. The van der Waals surface area contributed by atoms with E-state index in [9.17, 15) is 4.79 Å². The number of benzene rings is 1. The van der Waals surface area contributed by atoms with Gasteiger partial charge in [-0.15, -0.1) is 0 Å². The standard InChI is InChI=1S/C20H30O2/c1-14-19(2,3)12-15(13-20(14,4)5)10-18(21)16-8-7-9-17(11-16)22-6/h7-9,11,14-15H,10,12-13H2,1-6H3. The molecule has 1 aliphatic carbocycles. The zero-order valence-electron chi connectivity index (χ0n) is 14.9. The summed E-state index contributed by atoms with van der Waals surface area (Å²) in [7, 11) is 1.64. The topological polar surface area (TPSA) is 26.3 Å². The maximum Gasteiger partial charge on any atom is 0.163 e. The van der Waals surface area contributed by atoms with Gasteiger partial charge in [0.15, 0.2) is 5.78 Å². The summed E-state index contributed by atoms with van der Waals surface area (Å²) in [5.41, 5.74) is 1.36. The number of hydrogen-bond donors (Lipinski definition) is 0. The Morgan fingerprint density at radius 2 is 1.77 bits per heavy atom. The number of ketones is 1. The lowest BCUT2D eigenvalue weighted by atomic mass is 9.54. The van der Waals surface area contributed by atoms with Gasteiger partial charge in [-0.05, 0) is 47.6 Å². The van der Waals surface area contributed by atoms with E-state index >= 15 is 0 Å². The number of carbonyl (C=O) groups is 1. The molecule has 1 aromatic rings. The molecular weight excluding hydrogens is 272 g/mol. The van der Waals surface area contributed by atoms with Crippen molar-refractivity contribution in [2.24, 2.45) is 22.7 Å². The van der Waals surface area contributed by atoms with Gasteiger partial charge in [0.05, 0.1) is 7.11 Å². The molecule has 0 bridgehead atoms. The van der Waals surface area contributed by atoms with Crippen molar-refractivity contribution < 1.29 is 9.53 Å². The number of Topliss-reactive ketones (excluding diaryl/α,β-unsaturated/α-hetero) is 1. The zero-order valence-corrected chi connectivity index (χ0v) is 14.9. The summed E-state index contributed by atoms with van der Waals surface area (Å²) in [4.78, 5) is 12.6. The third-order valence-corrected chi connectivity index (χ3v) is 5.84. The molecule has 0 aliphatic heterocycles. The van der Waals surface area contributed by atoms with Gasteiger partial charge in [-0.3, -0.25) is 4.79 Å². The van der Waals surface area contributed by atoms with Crippen LogP contribution >= 0.6 is 0 Å². The van der Waals surface area contributed by atoms with Crippen molar-refractivity contribution in [1.29, 1.82) is 0 Å². The van der Waals surface area contributed by atoms with Gasteiger partial charge in [0.1, 0.15) is 5.75 Å². The quantitative estimate of drug-likeness (QED) is 0.699. The molecule has 22 heavy (non-hydrogen) atoms. The molecule has 0 N–H and O–H groups in total. The van der Waals surface area contributed by atoms with Crippen LogP contribution in [0.3, 0.4) is 0 Å². The van der Waals surface area contributed by atoms with E-state index < -0.39 is 0 Å². The summed E-state index contributed by atoms with van der Waals surface area (Å²) in [5.74, 6) is 2.14. The van der Waals surface area contributed by atoms with E-state index in [1.54, 1.807) is 7.11 Å². The van der Waals surface area contributed by atoms with Crippen LogP contribution in [0.1, 0.15) is 64.2 Å². The minimum atomic E-state index is 0.241. The van der Waals surface area contributed by atoms with Crippen LogP contribution in [0.25, 0.3) is 0 Å². The lowest BCUT2D eigenvalue weighted by molar-refractivity contribution is -0.00755. The normalized spacial score (nSPS) is 26.5. The molecule has 2 nitrogen and oxygen atoms in total. The van der Waals surface area contributed by atoms with Crippen molar-refractivity contribution in [2.45, 2.75) is 53.9 Å². The molecule has 1 fully saturated rings. The molecule has 0 radical (unpaired) electrons. The Balaban J connectivity index is 2.11. The van der Waals surface area contributed by atoms with E-state index in [1.807, 2.05) is 24.3 Å². The monoisotopic (exact) mass is 302 g/mol. The Hall–Kier alpha value is -1.31. The first kappa shape index (κ1) is 17.1. The highest BCUT2D eigenvalue weighted by molar-refractivity contribution is 5.96. The van der Waals surface area contributed by atoms with E-state index in [0.29, 0.717) is 29.1 Å². The van der Waals surface area contributed by atoms with Crippen molar-refractivity contribution in [3.8, 4) is 5.75 Å². The molecule has 0 heterocycles. The van der Waals surface area contributed by atoms with Gasteiger partial charge in [-0.2, -0.15) is 0 Å². The largest absolute Gasteiger partial charge is 0.497 e. The Morgan fingerprint density at radius 1 is 1.18 bits per heavy atom. The number of carbonyl (C=O) groups excluding carboxylic acids is 1. The van der Waals surface area contributed by atoms with Crippen LogP contribution in [0.15, 0.2) is 24.3 Å². The Bertz CT molecular complexity index is 524. The van der Waals surface area contributed by atoms with Crippen LogP contribution in [0, 0.1) is 22.7 Å². The average Bonchev–Trinajstić information content (AvgIpc) is 2.44. The zero-order chi connectivity index (χ0) is 16.5. The van der Waals surface area contributed by atoms with Gasteiger partial charge in [0.2, 0.25) is 0 Å². The summed E-state index contributed by atoms with van der Waals surface area (Å²) >= 11 is 0. The maximum atomic E-state index is 12.6. The van der Waals surface area contributed by atoms with Gasteiger partial charge < -0.3 is 4.74 Å². The molecule has 0 atom stereocenters. The second-order valence-electron chi connectivity index (χ2n) is 8.33. The van der Waals surface area contributed by atoms with Crippen LogP contribution < -0.4 is 4.74 Å². The fourth-order valence-electron chi connectivity index (χ4n) is 4.29. The fraction of sp³-hybridized carbons (Fsp3) is 0.650. The lowest BCUT2D eigenvalue weighted by Gasteiger charge is -2.51. The number of ether oxygens (including phenoxy) is 1. The molecular formula is C20H30O2. The first-order valence-electron chi connectivity index (χ1n) is 8.33. The third-order valence-electron chi connectivity index (χ3n) is 5.84. The molecule has 2 rings (SSSR count). The summed E-state index contributed by atoms with van der Waals surface area (Å²) < 4.78 is 5.22. The van der Waals surface area contributed by atoms with Crippen molar-refractivity contribution in [1.82, 2.24) is 0 Å². The second-order valence-corrected chi connectivity index (χ2v) is 8.33. The molecule has 0 unspecified atom stereocenters. The Kier molecular flexibility index (Phi) is 4.70. The number of methoxy groups -OCH3 is 1. The molecule has 0 amide bonds. The molecule has 1 aliphatic rings. The molecule has 1 aromatic carbocycles. The fourth-order valence-corrected chi connectivity index (χ4v) is 4.29. The van der Waals surface area contributed by atoms with Gasteiger partial charge in [-0.1, -0.05) is 46.8 Å². The van der Waals surface area contributed by atoms with E-state index in [4.69, 9.17) is 4.74 Å². The van der Waals surface area contributed by atoms with Crippen molar-refractivity contribution >= 4 is 5.78 Å². The predicted octanol–water partition coefficient (Wildman–Crippen LogP) is 5.37. The van der Waals surface area contributed by atoms with E-state index in [2.05, 4.69) is 34.6 Å². The molecule has 2 heteroatoms. The van der Waals surface area contributed by atoms with Gasteiger partial charge >= 0.3 is 0 Å². The molecule has 122 valence electrons. The summed E-state index contributed by atoms with van der Waals surface area (Å²) in [6.45, 7) is 11.8. The van der Waals surface area contributed by atoms with Crippen LogP contribution in [0.5, 0.6) is 5.75 Å². The smallest absolute Gasteiger partial charge is 0.163 e. The van der Waals surface area contributed by atoms with Gasteiger partial charge in [0.25, 0.3) is 0 Å². The number of rotatable bonds is 4. The molecule has 0 aromatic heterocycles. The summed E-state index contributed by atoms with van der Waals surface area (Å²) in [5, 5.41) is 0. The number of hydrogen-bond acceptors (Lipinski definition) is 2. The van der Waals surface area contributed by atoms with E-state index in [-0.39, 0.29) is 5.78 Å². The molecule has 0 saturated heterocycles. The van der Waals surface area contributed by atoms with Crippen LogP contribution in [0.4, 0.5) is 0 Å². The second kappa shape index (κ2) is 6.06. The third kappa shape index (κ3) is 3.53. The average molecular weight is 302 g/mol. The minimum Gasteiger partial charge on any atom is -0.497 e. The van der Waals surface area contributed by atoms with Gasteiger partial charge in [0, 0.05) is 12.0 Å². The highest BCUT2D eigenvalue weighted by Gasteiger charge is 2.44. The Morgan fingerprint density at radius 3 is 2.32 bits per heavy atom. The summed E-state index contributed by atoms with van der Waals surface area (Å²) in [6.07, 6.45) is 2.91. The van der Waals surface area contributed by atoms with E-state index in [1.165, 1.54) is 0 Å². The molecule has 0 spiro atoms. The van der Waals surface area contributed by atoms with Crippen LogP contribution in [-0.2, 0) is 0 Å². The predicted molar refractivity (Wildman–Crippen MR) is 91.4 cm³/mol. The first-order valence-corrected chi connectivity index (χ1v) is 8.33. The summed E-state index contributed by atoms with van der Waals surface area (Å²) in [6, 6.07) is 7.52. The lowest BCUT2D eigenvalue weighted by Crippen LogP contribution is -2.42. The SMILES string of the molecule is COc1cccc(C(=O)CC2CC(C)(C)C(C)C(C)(C)C2)c1. The van der Waals surface area contributed by atoms with E-state index in [0.717, 1.165) is 24.2 Å². The van der Waals surface area contributed by atoms with Gasteiger partial charge in [-0.25, -0.2) is 0 Å². The van der Waals surface area contributed by atoms with Crippen molar-refractivity contribution in [3.05, 3.63) is 29.8 Å².